The number of aromatic hydroxyl groups is 1. The van der Waals surface area contributed by atoms with Gasteiger partial charge in [-0.15, -0.1) is 0 Å². The summed E-state index contributed by atoms with van der Waals surface area (Å²) in [5.41, 5.74) is 2.12. The predicted octanol–water partition coefficient (Wildman–Crippen LogP) is 4.88. The molecule has 1 aromatic carbocycles. The average molecular weight is 368 g/mol. The highest BCUT2D eigenvalue weighted by Crippen LogP contribution is 2.41. The Morgan fingerprint density at radius 2 is 1.96 bits per heavy atom. The van der Waals surface area contributed by atoms with Crippen molar-refractivity contribution in [2.24, 2.45) is 11.3 Å². The summed E-state index contributed by atoms with van der Waals surface area (Å²) >= 11 is 0. The van der Waals surface area contributed by atoms with E-state index in [0.29, 0.717) is 11.3 Å². The van der Waals surface area contributed by atoms with Crippen LogP contribution in [0.4, 0.5) is 0 Å². The monoisotopic (exact) mass is 368 g/mol. The Labute approximate surface area is 161 Å². The van der Waals surface area contributed by atoms with Crippen LogP contribution >= 0.6 is 0 Å². The number of methoxy groups -OCH3 is 1. The molecule has 0 spiro atoms. The minimum absolute atomic E-state index is 0.0382. The number of hydrogen-bond acceptors (Lipinski definition) is 4. The summed E-state index contributed by atoms with van der Waals surface area (Å²) in [4.78, 5) is 24.2. The van der Waals surface area contributed by atoms with Crippen molar-refractivity contribution in [3.05, 3.63) is 53.6 Å². The molecule has 4 heteroatoms. The molecule has 1 aliphatic carbocycles. The Morgan fingerprint density at radius 1 is 1.26 bits per heavy atom. The van der Waals surface area contributed by atoms with Gasteiger partial charge in [0, 0.05) is 5.92 Å². The third kappa shape index (κ3) is 5.68. The molecule has 0 saturated heterocycles. The number of phenols is 1. The molecular formula is C23H28O4. The Morgan fingerprint density at radius 3 is 2.63 bits per heavy atom. The van der Waals surface area contributed by atoms with Gasteiger partial charge >= 0.3 is 0 Å². The molecule has 0 bridgehead atoms. The molecule has 0 fully saturated rings. The van der Waals surface area contributed by atoms with Crippen LogP contribution in [-0.2, 0) is 9.59 Å². The molecule has 0 radical (unpaired) electrons. The van der Waals surface area contributed by atoms with Crippen LogP contribution in [-0.4, -0.2) is 23.8 Å². The molecule has 2 rings (SSSR count). The topological polar surface area (TPSA) is 63.6 Å². The molecule has 0 amide bonds. The molecule has 0 heterocycles. The minimum atomic E-state index is -0.258. The first-order chi connectivity index (χ1) is 12.7. The summed E-state index contributed by atoms with van der Waals surface area (Å²) in [6, 6.07) is 4.80. The van der Waals surface area contributed by atoms with Crippen molar-refractivity contribution in [1.82, 2.24) is 0 Å². The zero-order chi connectivity index (χ0) is 20.0. The molecule has 144 valence electrons. The van der Waals surface area contributed by atoms with Crippen molar-refractivity contribution in [3.8, 4) is 11.5 Å². The summed E-state index contributed by atoms with van der Waals surface area (Å²) in [5.74, 6) is 0.151. The van der Waals surface area contributed by atoms with E-state index in [4.69, 9.17) is 4.74 Å². The Hall–Kier alpha value is -2.62. The van der Waals surface area contributed by atoms with Gasteiger partial charge in [-0.05, 0) is 55.0 Å². The molecule has 1 atom stereocenters. The van der Waals surface area contributed by atoms with E-state index < -0.39 is 0 Å². The summed E-state index contributed by atoms with van der Waals surface area (Å²) in [6.45, 7) is 6.52. The highest BCUT2D eigenvalue weighted by Gasteiger charge is 2.30. The Bertz CT molecular complexity index is 797. The molecular weight excluding hydrogens is 340 g/mol. The summed E-state index contributed by atoms with van der Waals surface area (Å²) < 4.78 is 5.04. The van der Waals surface area contributed by atoms with Crippen LogP contribution in [0.1, 0.15) is 45.6 Å². The van der Waals surface area contributed by atoms with Crippen molar-refractivity contribution in [1.29, 1.82) is 0 Å². The molecule has 1 aliphatic rings. The SMILES string of the molecule is COc1cc(/C=C/C(=O)CC(=O)/C=C/C2C(C)=CCCC2(C)C)ccc1O. The highest BCUT2D eigenvalue weighted by atomic mass is 16.5. The minimum Gasteiger partial charge on any atom is -0.504 e. The van der Waals surface area contributed by atoms with E-state index in [-0.39, 0.29) is 35.1 Å². The zero-order valence-corrected chi connectivity index (χ0v) is 16.5. The quantitative estimate of drug-likeness (QED) is 0.423. The van der Waals surface area contributed by atoms with Crippen molar-refractivity contribution >= 4 is 17.6 Å². The predicted molar refractivity (Wildman–Crippen MR) is 108 cm³/mol. The molecule has 0 saturated carbocycles. The molecule has 0 aromatic heterocycles. The number of hydrogen-bond donors (Lipinski definition) is 1. The lowest BCUT2D eigenvalue weighted by molar-refractivity contribution is -0.121. The third-order valence-electron chi connectivity index (χ3n) is 5.08. The maximum atomic E-state index is 12.2. The van der Waals surface area contributed by atoms with Gasteiger partial charge < -0.3 is 9.84 Å². The number of ether oxygens (including phenoxy) is 1. The third-order valence-corrected chi connectivity index (χ3v) is 5.08. The number of benzene rings is 1. The van der Waals surface area contributed by atoms with Crippen LogP contribution in [0.25, 0.3) is 6.08 Å². The van der Waals surface area contributed by atoms with E-state index in [1.165, 1.54) is 24.8 Å². The van der Waals surface area contributed by atoms with E-state index in [1.54, 1.807) is 24.3 Å². The summed E-state index contributed by atoms with van der Waals surface area (Å²) in [7, 11) is 1.46. The fourth-order valence-electron chi connectivity index (χ4n) is 3.46. The lowest BCUT2D eigenvalue weighted by Crippen LogP contribution is -2.26. The van der Waals surface area contributed by atoms with Gasteiger partial charge in [0.1, 0.15) is 0 Å². The van der Waals surface area contributed by atoms with Gasteiger partial charge in [0.25, 0.3) is 0 Å². The van der Waals surface area contributed by atoms with Crippen LogP contribution in [0.5, 0.6) is 11.5 Å². The Balaban J connectivity index is 1.96. The van der Waals surface area contributed by atoms with Gasteiger partial charge in [-0.25, -0.2) is 0 Å². The second-order valence-corrected chi connectivity index (χ2v) is 7.69. The van der Waals surface area contributed by atoms with E-state index in [0.717, 1.165) is 12.8 Å². The number of phenolic OH excluding ortho intramolecular Hbond substituents is 1. The maximum absolute atomic E-state index is 12.2. The Kier molecular flexibility index (Phi) is 6.78. The second-order valence-electron chi connectivity index (χ2n) is 7.69. The molecule has 1 N–H and O–H groups in total. The first-order valence-electron chi connectivity index (χ1n) is 9.18. The van der Waals surface area contributed by atoms with Gasteiger partial charge in [0.2, 0.25) is 0 Å². The lowest BCUT2D eigenvalue weighted by Gasteiger charge is -2.36. The van der Waals surface area contributed by atoms with E-state index in [2.05, 4.69) is 26.8 Å². The van der Waals surface area contributed by atoms with Crippen molar-refractivity contribution in [2.45, 2.75) is 40.0 Å². The standard InChI is InChI=1S/C23H28O4/c1-16-6-5-13-23(2,3)20(16)11-10-19(25)15-18(24)9-7-17-8-12-21(26)22(14-17)27-4/h6-12,14,20,26H,5,13,15H2,1-4H3/b9-7+,11-10+. The first kappa shape index (κ1) is 20.7. The number of rotatable bonds is 7. The van der Waals surface area contributed by atoms with Crippen LogP contribution in [0.2, 0.25) is 0 Å². The van der Waals surface area contributed by atoms with E-state index in [9.17, 15) is 14.7 Å². The number of allylic oxidation sites excluding steroid dienone is 5. The smallest absolute Gasteiger partial charge is 0.163 e. The highest BCUT2D eigenvalue weighted by molar-refractivity contribution is 6.09. The lowest BCUT2D eigenvalue weighted by atomic mass is 9.68. The fraction of sp³-hybridized carbons (Fsp3) is 0.391. The number of ketones is 2. The van der Waals surface area contributed by atoms with E-state index >= 15 is 0 Å². The molecule has 27 heavy (non-hydrogen) atoms. The number of carbonyl (C=O) groups is 2. The summed E-state index contributed by atoms with van der Waals surface area (Å²) in [5, 5.41) is 9.58. The van der Waals surface area contributed by atoms with Crippen LogP contribution in [0, 0.1) is 11.3 Å². The molecule has 1 unspecified atom stereocenters. The normalized spacial score (nSPS) is 19.3. The largest absolute Gasteiger partial charge is 0.504 e. The fourth-order valence-corrected chi connectivity index (χ4v) is 3.46. The van der Waals surface area contributed by atoms with Gasteiger partial charge in [-0.2, -0.15) is 0 Å². The zero-order valence-electron chi connectivity index (χ0n) is 16.5. The first-order valence-corrected chi connectivity index (χ1v) is 9.18. The number of carbonyl (C=O) groups excluding carboxylic acids is 2. The van der Waals surface area contributed by atoms with Crippen molar-refractivity contribution in [2.75, 3.05) is 7.11 Å². The van der Waals surface area contributed by atoms with Gasteiger partial charge in [0.15, 0.2) is 23.1 Å². The van der Waals surface area contributed by atoms with Gasteiger partial charge in [-0.3, -0.25) is 9.59 Å². The van der Waals surface area contributed by atoms with E-state index in [1.807, 2.05) is 6.08 Å². The van der Waals surface area contributed by atoms with Crippen LogP contribution in [0.15, 0.2) is 48.1 Å². The van der Waals surface area contributed by atoms with Crippen LogP contribution in [0.3, 0.4) is 0 Å². The summed E-state index contributed by atoms with van der Waals surface area (Å²) in [6.07, 6.45) is 10.7. The van der Waals surface area contributed by atoms with Crippen molar-refractivity contribution in [3.63, 3.8) is 0 Å². The maximum Gasteiger partial charge on any atom is 0.163 e. The van der Waals surface area contributed by atoms with Gasteiger partial charge in [-0.1, -0.05) is 43.7 Å². The molecule has 4 nitrogen and oxygen atoms in total. The molecule has 1 aromatic rings. The average Bonchev–Trinajstić information content (AvgIpc) is 2.60. The van der Waals surface area contributed by atoms with Gasteiger partial charge in [0.05, 0.1) is 13.5 Å². The van der Waals surface area contributed by atoms with Crippen molar-refractivity contribution < 1.29 is 19.4 Å². The van der Waals surface area contributed by atoms with Crippen LogP contribution < -0.4 is 4.74 Å². The second kappa shape index (κ2) is 8.85. The molecule has 0 aliphatic heterocycles.